The standard InChI is InChI=1S/C13H18N2O2/c1-17-13(16)12-6-4-9-15(12)10-7-11-5-2-3-8-14-11/h2-3,5,8,12H,4,6-7,9-10H2,1H3. The van der Waals surface area contributed by atoms with E-state index in [0.29, 0.717) is 0 Å². The molecule has 17 heavy (non-hydrogen) atoms. The Bertz CT molecular complexity index is 367. The first kappa shape index (κ1) is 12.0. The highest BCUT2D eigenvalue weighted by Crippen LogP contribution is 2.18. The second kappa shape index (κ2) is 5.77. The molecule has 0 N–H and O–H groups in total. The van der Waals surface area contributed by atoms with Gasteiger partial charge in [0.15, 0.2) is 0 Å². The monoisotopic (exact) mass is 234 g/mol. The molecular formula is C13H18N2O2. The Morgan fingerprint density at radius 3 is 3.18 bits per heavy atom. The van der Waals surface area contributed by atoms with E-state index in [-0.39, 0.29) is 12.0 Å². The molecule has 0 saturated carbocycles. The van der Waals surface area contributed by atoms with Gasteiger partial charge in [0.05, 0.1) is 7.11 Å². The van der Waals surface area contributed by atoms with Gasteiger partial charge >= 0.3 is 5.97 Å². The van der Waals surface area contributed by atoms with Crippen LogP contribution < -0.4 is 0 Å². The van der Waals surface area contributed by atoms with Gasteiger partial charge in [-0.25, -0.2) is 0 Å². The summed E-state index contributed by atoms with van der Waals surface area (Å²) in [5.74, 6) is -0.108. The smallest absolute Gasteiger partial charge is 0.323 e. The Hall–Kier alpha value is -1.42. The van der Waals surface area contributed by atoms with Crippen LogP contribution >= 0.6 is 0 Å². The minimum absolute atomic E-state index is 0.0521. The number of nitrogens with zero attached hydrogens (tertiary/aromatic N) is 2. The van der Waals surface area contributed by atoms with E-state index >= 15 is 0 Å². The molecule has 92 valence electrons. The van der Waals surface area contributed by atoms with E-state index in [0.717, 1.165) is 38.0 Å². The summed E-state index contributed by atoms with van der Waals surface area (Å²) in [6.45, 7) is 1.85. The third-order valence-electron chi connectivity index (χ3n) is 3.22. The van der Waals surface area contributed by atoms with Gasteiger partial charge in [0, 0.05) is 24.9 Å². The molecule has 2 heterocycles. The van der Waals surface area contributed by atoms with Crippen molar-refractivity contribution in [2.45, 2.75) is 25.3 Å². The average molecular weight is 234 g/mol. The third-order valence-corrected chi connectivity index (χ3v) is 3.22. The van der Waals surface area contributed by atoms with Crippen LogP contribution in [0.4, 0.5) is 0 Å². The van der Waals surface area contributed by atoms with Gasteiger partial charge in [-0.2, -0.15) is 0 Å². The molecule has 1 fully saturated rings. The number of ether oxygens (including phenoxy) is 1. The van der Waals surface area contributed by atoms with Gasteiger partial charge in [-0.15, -0.1) is 0 Å². The zero-order valence-corrected chi connectivity index (χ0v) is 10.1. The largest absolute Gasteiger partial charge is 0.468 e. The van der Waals surface area contributed by atoms with Gasteiger partial charge in [-0.1, -0.05) is 6.07 Å². The second-order valence-electron chi connectivity index (χ2n) is 4.29. The van der Waals surface area contributed by atoms with Crippen LogP contribution in [0.2, 0.25) is 0 Å². The summed E-state index contributed by atoms with van der Waals surface area (Å²) in [7, 11) is 1.46. The van der Waals surface area contributed by atoms with Gasteiger partial charge in [0.1, 0.15) is 6.04 Å². The van der Waals surface area contributed by atoms with Crippen LogP contribution in [-0.2, 0) is 16.0 Å². The summed E-state index contributed by atoms with van der Waals surface area (Å²) in [5.41, 5.74) is 1.07. The molecule has 1 aromatic rings. The van der Waals surface area contributed by atoms with Crippen molar-refractivity contribution in [1.29, 1.82) is 0 Å². The fourth-order valence-corrected chi connectivity index (χ4v) is 2.30. The molecule has 0 bridgehead atoms. The van der Waals surface area contributed by atoms with Crippen LogP contribution in [-0.4, -0.2) is 42.1 Å². The predicted octanol–water partition coefficient (Wildman–Crippen LogP) is 1.26. The van der Waals surface area contributed by atoms with Gasteiger partial charge in [0.25, 0.3) is 0 Å². The molecule has 0 radical (unpaired) electrons. The van der Waals surface area contributed by atoms with Gasteiger partial charge in [0.2, 0.25) is 0 Å². The number of aromatic nitrogens is 1. The Morgan fingerprint density at radius 2 is 2.47 bits per heavy atom. The van der Waals surface area contributed by atoms with Crippen molar-refractivity contribution in [3.05, 3.63) is 30.1 Å². The lowest BCUT2D eigenvalue weighted by Gasteiger charge is -2.21. The average Bonchev–Trinajstić information content (AvgIpc) is 2.85. The Morgan fingerprint density at radius 1 is 1.59 bits per heavy atom. The maximum atomic E-state index is 11.6. The zero-order valence-electron chi connectivity index (χ0n) is 10.1. The Kier molecular flexibility index (Phi) is 4.09. The lowest BCUT2D eigenvalue weighted by atomic mass is 10.2. The van der Waals surface area contributed by atoms with Crippen LogP contribution in [0.25, 0.3) is 0 Å². The van der Waals surface area contributed by atoms with Crippen molar-refractivity contribution >= 4 is 5.97 Å². The molecule has 1 aliphatic heterocycles. The second-order valence-corrected chi connectivity index (χ2v) is 4.29. The number of hydrogen-bond acceptors (Lipinski definition) is 4. The molecule has 0 spiro atoms. The van der Waals surface area contributed by atoms with E-state index in [1.165, 1.54) is 7.11 Å². The molecular weight excluding hydrogens is 216 g/mol. The van der Waals surface area contributed by atoms with Gasteiger partial charge in [-0.05, 0) is 31.5 Å². The lowest BCUT2D eigenvalue weighted by molar-refractivity contribution is -0.145. The molecule has 0 aromatic carbocycles. The van der Waals surface area contributed by atoms with Crippen molar-refractivity contribution in [3.8, 4) is 0 Å². The van der Waals surface area contributed by atoms with Crippen molar-refractivity contribution in [3.63, 3.8) is 0 Å². The van der Waals surface area contributed by atoms with Gasteiger partial charge < -0.3 is 4.74 Å². The number of carbonyl (C=O) groups excluding carboxylic acids is 1. The Labute approximate surface area is 102 Å². The van der Waals surface area contributed by atoms with E-state index in [2.05, 4.69) is 9.88 Å². The first-order valence-corrected chi connectivity index (χ1v) is 6.03. The summed E-state index contributed by atoms with van der Waals surface area (Å²) in [5, 5.41) is 0. The van der Waals surface area contributed by atoms with E-state index in [4.69, 9.17) is 4.74 Å². The summed E-state index contributed by atoms with van der Waals surface area (Å²) >= 11 is 0. The van der Waals surface area contributed by atoms with Crippen LogP contribution in [0.15, 0.2) is 24.4 Å². The van der Waals surface area contributed by atoms with Crippen LogP contribution in [0.3, 0.4) is 0 Å². The quantitative estimate of drug-likeness (QED) is 0.736. The minimum Gasteiger partial charge on any atom is -0.468 e. The minimum atomic E-state index is -0.108. The highest BCUT2D eigenvalue weighted by atomic mass is 16.5. The molecule has 1 unspecified atom stereocenters. The molecule has 0 amide bonds. The number of likely N-dealkylation sites (tertiary alicyclic amines) is 1. The van der Waals surface area contributed by atoms with E-state index < -0.39 is 0 Å². The van der Waals surface area contributed by atoms with Crippen LogP contribution in [0.5, 0.6) is 0 Å². The van der Waals surface area contributed by atoms with Crippen molar-refractivity contribution in [2.24, 2.45) is 0 Å². The van der Waals surface area contributed by atoms with Gasteiger partial charge in [-0.3, -0.25) is 14.7 Å². The highest BCUT2D eigenvalue weighted by molar-refractivity contribution is 5.75. The SMILES string of the molecule is COC(=O)C1CCCN1CCc1ccccn1. The van der Waals surface area contributed by atoms with Crippen LogP contribution in [0.1, 0.15) is 18.5 Å². The molecule has 2 rings (SSSR count). The predicted molar refractivity (Wildman–Crippen MR) is 64.6 cm³/mol. The number of hydrogen-bond donors (Lipinski definition) is 0. The summed E-state index contributed by atoms with van der Waals surface area (Å²) in [6, 6.07) is 5.87. The van der Waals surface area contributed by atoms with Crippen LogP contribution in [0, 0.1) is 0 Å². The fraction of sp³-hybridized carbons (Fsp3) is 0.538. The third kappa shape index (κ3) is 3.03. The lowest BCUT2D eigenvalue weighted by Crippen LogP contribution is -2.38. The summed E-state index contributed by atoms with van der Waals surface area (Å²) in [6.07, 6.45) is 4.67. The number of rotatable bonds is 4. The normalized spacial score (nSPS) is 20.4. The van der Waals surface area contributed by atoms with Crippen molar-refractivity contribution in [1.82, 2.24) is 9.88 Å². The first-order chi connectivity index (χ1) is 8.31. The number of methoxy groups -OCH3 is 1. The van der Waals surface area contributed by atoms with Crippen molar-refractivity contribution in [2.75, 3.05) is 20.2 Å². The zero-order chi connectivity index (χ0) is 12.1. The first-order valence-electron chi connectivity index (χ1n) is 6.03. The molecule has 1 aromatic heterocycles. The van der Waals surface area contributed by atoms with E-state index in [1.807, 2.05) is 18.2 Å². The molecule has 0 aliphatic carbocycles. The highest BCUT2D eigenvalue weighted by Gasteiger charge is 2.30. The number of pyridine rings is 1. The summed E-state index contributed by atoms with van der Waals surface area (Å²) < 4.78 is 4.82. The Balaban J connectivity index is 1.88. The molecule has 4 nitrogen and oxygen atoms in total. The molecule has 1 saturated heterocycles. The molecule has 1 aliphatic rings. The van der Waals surface area contributed by atoms with Crippen molar-refractivity contribution < 1.29 is 9.53 Å². The maximum Gasteiger partial charge on any atom is 0.323 e. The maximum absolute atomic E-state index is 11.6. The van der Waals surface area contributed by atoms with E-state index in [9.17, 15) is 4.79 Å². The topological polar surface area (TPSA) is 42.4 Å². The van der Waals surface area contributed by atoms with E-state index in [1.54, 1.807) is 6.20 Å². The molecule has 1 atom stereocenters. The fourth-order valence-electron chi connectivity index (χ4n) is 2.30. The number of esters is 1. The molecule has 4 heteroatoms. The number of carbonyl (C=O) groups is 1. The summed E-state index contributed by atoms with van der Waals surface area (Å²) in [4.78, 5) is 18.0.